The van der Waals surface area contributed by atoms with Gasteiger partial charge in [-0.15, -0.1) is 0 Å². The summed E-state index contributed by atoms with van der Waals surface area (Å²) in [7, 11) is 0. The summed E-state index contributed by atoms with van der Waals surface area (Å²) in [6.07, 6.45) is 5.77. The average molecular weight is 249 g/mol. The summed E-state index contributed by atoms with van der Waals surface area (Å²) < 4.78 is 0. The Bertz CT molecular complexity index is 343. The molecular formula is C15H27N3. The van der Waals surface area contributed by atoms with Crippen molar-refractivity contribution in [3.8, 4) is 0 Å². The van der Waals surface area contributed by atoms with E-state index < -0.39 is 0 Å². The molecule has 0 unspecified atom stereocenters. The van der Waals surface area contributed by atoms with Crippen LogP contribution < -0.4 is 5.73 Å². The van der Waals surface area contributed by atoms with Crippen molar-refractivity contribution in [2.45, 2.75) is 52.9 Å². The van der Waals surface area contributed by atoms with Gasteiger partial charge in [0.25, 0.3) is 0 Å². The van der Waals surface area contributed by atoms with Crippen molar-refractivity contribution in [1.29, 1.82) is 0 Å². The first-order chi connectivity index (χ1) is 8.60. The van der Waals surface area contributed by atoms with E-state index in [4.69, 9.17) is 5.73 Å². The van der Waals surface area contributed by atoms with E-state index in [1.807, 2.05) is 6.92 Å². The van der Waals surface area contributed by atoms with Crippen LogP contribution in [0.4, 0.5) is 0 Å². The van der Waals surface area contributed by atoms with E-state index in [9.17, 15) is 0 Å². The van der Waals surface area contributed by atoms with Gasteiger partial charge in [0.15, 0.2) is 0 Å². The van der Waals surface area contributed by atoms with Gasteiger partial charge < -0.3 is 10.6 Å². The predicted molar refractivity (Wildman–Crippen MR) is 79.5 cm³/mol. The molecule has 0 saturated carbocycles. The molecule has 0 radical (unpaired) electrons. The molecule has 1 rings (SSSR count). The third kappa shape index (κ3) is 3.90. The van der Waals surface area contributed by atoms with Crippen molar-refractivity contribution in [3.05, 3.63) is 23.5 Å². The lowest BCUT2D eigenvalue weighted by Crippen LogP contribution is -2.29. The quantitative estimate of drug-likeness (QED) is 0.461. The van der Waals surface area contributed by atoms with Crippen LogP contribution in [0.25, 0.3) is 0 Å². The lowest BCUT2D eigenvalue weighted by atomic mass is 10.0. The van der Waals surface area contributed by atoms with Crippen LogP contribution >= 0.6 is 0 Å². The van der Waals surface area contributed by atoms with Crippen LogP contribution in [0.2, 0.25) is 0 Å². The molecule has 0 spiro atoms. The standard InChI is InChI=1S/C15H27N3/c1-5-14(15(6-2)17-13(4)16)12(3)18-10-8-7-9-11-18/h3,5-11H2,1-2,4H3,(H2,16,17)/b15-14-. The number of likely N-dealkylation sites (tertiary alicyclic amines) is 1. The summed E-state index contributed by atoms with van der Waals surface area (Å²) in [5.74, 6) is 0.629. The Morgan fingerprint density at radius 3 is 2.22 bits per heavy atom. The highest BCUT2D eigenvalue weighted by Gasteiger charge is 2.16. The van der Waals surface area contributed by atoms with Gasteiger partial charge in [0.05, 0.1) is 5.84 Å². The second-order valence-electron chi connectivity index (χ2n) is 4.88. The van der Waals surface area contributed by atoms with Gasteiger partial charge >= 0.3 is 0 Å². The van der Waals surface area contributed by atoms with Gasteiger partial charge in [-0.05, 0) is 44.6 Å². The van der Waals surface area contributed by atoms with Crippen LogP contribution in [-0.4, -0.2) is 23.8 Å². The highest BCUT2D eigenvalue weighted by molar-refractivity contribution is 5.78. The van der Waals surface area contributed by atoms with E-state index in [2.05, 4.69) is 30.3 Å². The largest absolute Gasteiger partial charge is 0.387 e. The molecular weight excluding hydrogens is 222 g/mol. The maximum absolute atomic E-state index is 5.71. The Morgan fingerprint density at radius 2 is 1.78 bits per heavy atom. The predicted octanol–water partition coefficient (Wildman–Crippen LogP) is 3.44. The highest BCUT2D eigenvalue weighted by Crippen LogP contribution is 2.26. The lowest BCUT2D eigenvalue weighted by Gasteiger charge is -2.32. The number of allylic oxidation sites excluding steroid dienone is 2. The summed E-state index contributed by atoms with van der Waals surface area (Å²) in [6, 6.07) is 0. The zero-order valence-corrected chi connectivity index (χ0v) is 12.1. The van der Waals surface area contributed by atoms with Crippen LogP contribution in [0, 0.1) is 0 Å². The Balaban J connectivity index is 2.95. The highest BCUT2D eigenvalue weighted by atomic mass is 15.1. The topological polar surface area (TPSA) is 41.6 Å². The molecule has 0 atom stereocenters. The van der Waals surface area contributed by atoms with Gasteiger partial charge in [-0.1, -0.05) is 20.4 Å². The third-order valence-electron chi connectivity index (χ3n) is 3.43. The molecule has 1 aliphatic heterocycles. The first kappa shape index (κ1) is 14.8. The third-order valence-corrected chi connectivity index (χ3v) is 3.43. The number of nitrogens with two attached hydrogens (primary N) is 1. The molecule has 1 fully saturated rings. The van der Waals surface area contributed by atoms with Crippen LogP contribution in [0.3, 0.4) is 0 Å². The van der Waals surface area contributed by atoms with Gasteiger partial charge in [-0.25, -0.2) is 4.99 Å². The molecule has 1 heterocycles. The summed E-state index contributed by atoms with van der Waals surface area (Å²) in [5.41, 5.74) is 9.22. The number of aliphatic imine (C=N–C) groups is 1. The molecule has 2 N–H and O–H groups in total. The van der Waals surface area contributed by atoms with Crippen molar-refractivity contribution in [2.24, 2.45) is 10.7 Å². The van der Waals surface area contributed by atoms with Crippen LogP contribution in [0.5, 0.6) is 0 Å². The molecule has 102 valence electrons. The summed E-state index contributed by atoms with van der Waals surface area (Å²) in [4.78, 5) is 6.87. The molecule has 0 aromatic carbocycles. The normalized spacial score (nSPS) is 18.6. The monoisotopic (exact) mass is 249 g/mol. The minimum atomic E-state index is 0.629. The molecule has 0 aliphatic carbocycles. The molecule has 3 heteroatoms. The smallest absolute Gasteiger partial charge is 0.0961 e. The molecule has 3 nitrogen and oxygen atoms in total. The zero-order valence-electron chi connectivity index (χ0n) is 12.1. The van der Waals surface area contributed by atoms with Gasteiger partial charge in [0.1, 0.15) is 0 Å². The molecule has 18 heavy (non-hydrogen) atoms. The Morgan fingerprint density at radius 1 is 1.17 bits per heavy atom. The number of piperidine rings is 1. The first-order valence-electron chi connectivity index (χ1n) is 7.07. The van der Waals surface area contributed by atoms with Crippen molar-refractivity contribution in [2.75, 3.05) is 13.1 Å². The molecule has 0 aromatic rings. The summed E-state index contributed by atoms with van der Waals surface area (Å²) in [5, 5.41) is 0. The Labute approximate surface area is 111 Å². The van der Waals surface area contributed by atoms with Crippen molar-refractivity contribution in [1.82, 2.24) is 4.90 Å². The van der Waals surface area contributed by atoms with Crippen LogP contribution in [0.15, 0.2) is 28.5 Å². The molecule has 1 aliphatic rings. The minimum Gasteiger partial charge on any atom is -0.387 e. The fraction of sp³-hybridized carbons (Fsp3) is 0.667. The van der Waals surface area contributed by atoms with Crippen LogP contribution in [0.1, 0.15) is 52.9 Å². The maximum Gasteiger partial charge on any atom is 0.0961 e. The van der Waals surface area contributed by atoms with Crippen molar-refractivity contribution in [3.63, 3.8) is 0 Å². The second-order valence-corrected chi connectivity index (χ2v) is 4.88. The zero-order chi connectivity index (χ0) is 13.5. The number of hydrogen-bond donors (Lipinski definition) is 1. The number of rotatable bonds is 5. The second kappa shape index (κ2) is 7.24. The van der Waals surface area contributed by atoms with Crippen LogP contribution in [-0.2, 0) is 0 Å². The summed E-state index contributed by atoms with van der Waals surface area (Å²) in [6.45, 7) is 12.7. The van der Waals surface area contributed by atoms with E-state index in [-0.39, 0.29) is 0 Å². The number of nitrogens with zero attached hydrogens (tertiary/aromatic N) is 2. The van der Waals surface area contributed by atoms with E-state index in [1.165, 1.54) is 24.8 Å². The average Bonchev–Trinajstić information content (AvgIpc) is 2.38. The fourth-order valence-corrected chi connectivity index (χ4v) is 2.50. The molecule has 0 bridgehead atoms. The van der Waals surface area contributed by atoms with E-state index in [0.717, 1.165) is 37.3 Å². The first-order valence-corrected chi connectivity index (χ1v) is 7.07. The van der Waals surface area contributed by atoms with E-state index in [1.54, 1.807) is 0 Å². The van der Waals surface area contributed by atoms with E-state index in [0.29, 0.717) is 5.84 Å². The van der Waals surface area contributed by atoms with Gasteiger partial charge in [0, 0.05) is 24.5 Å². The lowest BCUT2D eigenvalue weighted by molar-refractivity contribution is 0.289. The van der Waals surface area contributed by atoms with E-state index >= 15 is 0 Å². The molecule has 1 saturated heterocycles. The molecule has 0 amide bonds. The Kier molecular flexibility index (Phi) is 5.96. The van der Waals surface area contributed by atoms with Crippen molar-refractivity contribution >= 4 is 5.84 Å². The number of amidine groups is 1. The number of hydrogen-bond acceptors (Lipinski definition) is 2. The van der Waals surface area contributed by atoms with Gasteiger partial charge in [0.2, 0.25) is 0 Å². The minimum absolute atomic E-state index is 0.629. The van der Waals surface area contributed by atoms with Gasteiger partial charge in [-0.2, -0.15) is 0 Å². The maximum atomic E-state index is 5.71. The van der Waals surface area contributed by atoms with Crippen molar-refractivity contribution < 1.29 is 0 Å². The SMILES string of the molecule is C=C(/C(CC)=C(/CC)N=C(C)N)N1CCCCC1. The molecule has 0 aromatic heterocycles. The summed E-state index contributed by atoms with van der Waals surface area (Å²) >= 11 is 0. The van der Waals surface area contributed by atoms with Gasteiger partial charge in [-0.3, -0.25) is 0 Å². The fourth-order valence-electron chi connectivity index (χ4n) is 2.50. The Hall–Kier alpha value is -1.25.